The van der Waals surface area contributed by atoms with Crippen molar-refractivity contribution in [1.82, 2.24) is 45.6 Å². The molecular weight excluding hydrogens is 560 g/mol. The molecule has 42 heavy (non-hydrogen) atoms. The number of methoxy groups -OCH3 is 2. The number of nitrogens with one attached hydrogen (secondary N) is 3. The van der Waals surface area contributed by atoms with E-state index in [2.05, 4.69) is 26.4 Å². The van der Waals surface area contributed by atoms with E-state index in [0.29, 0.717) is 42.0 Å². The van der Waals surface area contributed by atoms with Crippen molar-refractivity contribution in [3.05, 3.63) is 70.5 Å². The Hall–Kier alpha value is -4.04. The van der Waals surface area contributed by atoms with Crippen molar-refractivity contribution in [2.24, 2.45) is 4.99 Å². The molecule has 1 saturated heterocycles. The number of amidine groups is 1. The lowest BCUT2D eigenvalue weighted by atomic mass is 10.0. The van der Waals surface area contributed by atoms with E-state index in [1.807, 2.05) is 51.8 Å². The van der Waals surface area contributed by atoms with Crippen molar-refractivity contribution >= 4 is 34.4 Å². The Morgan fingerprint density at radius 1 is 1.26 bits per heavy atom. The molecule has 220 valence electrons. The number of rotatable bonds is 9. The van der Waals surface area contributed by atoms with Gasteiger partial charge in [0.2, 0.25) is 0 Å². The van der Waals surface area contributed by atoms with Gasteiger partial charge in [-0.1, -0.05) is 17.7 Å². The third kappa shape index (κ3) is 5.31. The van der Waals surface area contributed by atoms with Gasteiger partial charge in [-0.2, -0.15) is 5.10 Å². The lowest BCUT2D eigenvalue weighted by molar-refractivity contribution is 0.0607. The molecule has 2 aliphatic rings. The summed E-state index contributed by atoms with van der Waals surface area (Å²) in [5, 5.41) is 7.87. The summed E-state index contributed by atoms with van der Waals surface area (Å²) in [5.41, 5.74) is 13.3. The molecule has 5 heterocycles. The number of imidazole rings is 1. The number of hydrogen-bond donors (Lipinski definition) is 3. The Labute approximate surface area is 247 Å². The fourth-order valence-corrected chi connectivity index (χ4v) is 5.77. The molecule has 1 fully saturated rings. The van der Waals surface area contributed by atoms with Crippen LogP contribution in [-0.4, -0.2) is 74.5 Å². The monoisotopic (exact) mass is 592 g/mol. The number of carbonyl (C=O) groups excluding carboxylic acids is 1. The van der Waals surface area contributed by atoms with Crippen LogP contribution in [-0.2, 0) is 17.8 Å². The first-order valence-electron chi connectivity index (χ1n) is 13.8. The highest BCUT2D eigenvalue weighted by Gasteiger charge is 2.30. The van der Waals surface area contributed by atoms with Gasteiger partial charge in [-0.05, 0) is 37.5 Å². The van der Waals surface area contributed by atoms with E-state index >= 15 is 0 Å². The number of amides is 1. The van der Waals surface area contributed by atoms with Crippen molar-refractivity contribution in [1.29, 1.82) is 0 Å². The van der Waals surface area contributed by atoms with Crippen LogP contribution in [0.25, 0.3) is 11.0 Å². The molecule has 3 aromatic heterocycles. The van der Waals surface area contributed by atoms with E-state index in [4.69, 9.17) is 31.1 Å². The van der Waals surface area contributed by atoms with E-state index in [0.717, 1.165) is 47.1 Å². The number of carbonyl (C=O) groups is 1. The number of pyridine rings is 1. The zero-order valence-corrected chi connectivity index (χ0v) is 24.4. The van der Waals surface area contributed by atoms with Crippen molar-refractivity contribution in [3.63, 3.8) is 0 Å². The number of ether oxygens (including phenoxy) is 2. The maximum absolute atomic E-state index is 13.1. The van der Waals surface area contributed by atoms with Gasteiger partial charge in [-0.25, -0.2) is 25.1 Å². The van der Waals surface area contributed by atoms with Gasteiger partial charge in [0, 0.05) is 43.7 Å². The van der Waals surface area contributed by atoms with Crippen LogP contribution in [0.15, 0.2) is 48.1 Å². The van der Waals surface area contributed by atoms with Crippen molar-refractivity contribution < 1.29 is 14.3 Å². The molecule has 0 saturated carbocycles. The average Bonchev–Trinajstić information content (AvgIpc) is 3.76. The van der Waals surface area contributed by atoms with Gasteiger partial charge in [0.05, 0.1) is 49.2 Å². The van der Waals surface area contributed by atoms with Crippen LogP contribution in [0.2, 0.25) is 5.02 Å². The summed E-state index contributed by atoms with van der Waals surface area (Å²) < 4.78 is 14.3. The minimum absolute atomic E-state index is 0.154. The quantitative estimate of drug-likeness (QED) is 0.268. The number of halogens is 1. The van der Waals surface area contributed by atoms with Crippen LogP contribution in [0.1, 0.15) is 53.1 Å². The summed E-state index contributed by atoms with van der Waals surface area (Å²) in [4.78, 5) is 27.1. The van der Waals surface area contributed by atoms with Gasteiger partial charge in [-0.3, -0.25) is 15.2 Å². The number of aliphatic imine (C=N–C) groups is 1. The van der Waals surface area contributed by atoms with Crippen molar-refractivity contribution in [3.8, 4) is 5.75 Å². The lowest BCUT2D eigenvalue weighted by Gasteiger charge is -2.30. The predicted octanol–water partition coefficient (Wildman–Crippen LogP) is 2.67. The zero-order chi connectivity index (χ0) is 29.2. The minimum Gasteiger partial charge on any atom is -0.495 e. The highest BCUT2D eigenvalue weighted by molar-refractivity contribution is 6.32. The fourth-order valence-electron chi connectivity index (χ4n) is 5.49. The molecule has 0 spiro atoms. The van der Waals surface area contributed by atoms with Crippen LogP contribution >= 0.6 is 11.6 Å². The van der Waals surface area contributed by atoms with E-state index < -0.39 is 6.17 Å². The molecule has 0 aliphatic carbocycles. The maximum atomic E-state index is 13.1. The van der Waals surface area contributed by atoms with Gasteiger partial charge in [0.15, 0.2) is 5.65 Å². The molecule has 1 aromatic carbocycles. The number of nitrogens with zero attached hydrogens (tertiary/aromatic N) is 7. The van der Waals surface area contributed by atoms with Crippen molar-refractivity contribution in [2.75, 3.05) is 27.4 Å². The highest BCUT2D eigenvalue weighted by Crippen LogP contribution is 2.30. The predicted molar refractivity (Wildman–Crippen MR) is 157 cm³/mol. The standard InChI is InChI=1S/C28H33ClN10O3/c1-4-38-26-20(13-33-38)24-19(12-31-26)27(35-34-25(24)30-11-17-7-8-23(42-3)21(29)10-17)37-14-22(32-16-37)28(40)36-39-9-5-6-18(39)15-41-2/h7-8,10,12-14,16,18,27,35H,4-6,9,11,15H2,1-3H3,(H,30,34)(H,36,40)/t18-,27?/m0/s1. The van der Waals surface area contributed by atoms with E-state index in [9.17, 15) is 4.79 Å². The van der Waals surface area contributed by atoms with Gasteiger partial charge in [-0.15, -0.1) is 0 Å². The van der Waals surface area contributed by atoms with Gasteiger partial charge in [0.1, 0.15) is 23.4 Å². The molecule has 2 aliphatic heterocycles. The summed E-state index contributed by atoms with van der Waals surface area (Å²) in [5.74, 6) is 0.994. The van der Waals surface area contributed by atoms with E-state index in [1.165, 1.54) is 0 Å². The Morgan fingerprint density at radius 3 is 2.93 bits per heavy atom. The zero-order valence-electron chi connectivity index (χ0n) is 23.7. The molecule has 1 unspecified atom stereocenters. The minimum atomic E-state index is -0.404. The first-order valence-corrected chi connectivity index (χ1v) is 14.2. The molecule has 14 heteroatoms. The van der Waals surface area contributed by atoms with Gasteiger partial charge < -0.3 is 19.5 Å². The summed E-state index contributed by atoms with van der Waals surface area (Å²) in [6.07, 6.45) is 8.57. The molecule has 0 bridgehead atoms. The molecule has 6 rings (SSSR count). The summed E-state index contributed by atoms with van der Waals surface area (Å²) in [6.45, 7) is 4.44. The lowest BCUT2D eigenvalue weighted by Crippen LogP contribution is -2.48. The Balaban J connectivity index is 1.30. The van der Waals surface area contributed by atoms with Gasteiger partial charge in [0.25, 0.3) is 5.91 Å². The number of aryl methyl sites for hydroxylation is 1. The second-order valence-corrected chi connectivity index (χ2v) is 10.6. The molecule has 1 amide bonds. The Kier molecular flexibility index (Phi) is 8.07. The Bertz CT molecular complexity index is 1630. The number of aromatic nitrogens is 5. The average molecular weight is 593 g/mol. The topological polar surface area (TPSA) is 136 Å². The number of benzene rings is 1. The van der Waals surface area contributed by atoms with E-state index in [1.54, 1.807) is 26.7 Å². The first-order chi connectivity index (χ1) is 20.5. The first kappa shape index (κ1) is 28.1. The molecule has 2 atom stereocenters. The Morgan fingerprint density at radius 2 is 2.14 bits per heavy atom. The largest absolute Gasteiger partial charge is 0.495 e. The molecule has 4 aromatic rings. The highest BCUT2D eigenvalue weighted by atomic mass is 35.5. The third-order valence-electron chi connectivity index (χ3n) is 7.60. The van der Waals surface area contributed by atoms with Crippen LogP contribution < -0.4 is 21.0 Å². The summed E-state index contributed by atoms with van der Waals surface area (Å²) in [7, 11) is 3.26. The third-order valence-corrected chi connectivity index (χ3v) is 7.90. The number of hydrazine groups is 2. The van der Waals surface area contributed by atoms with Gasteiger partial charge >= 0.3 is 0 Å². The summed E-state index contributed by atoms with van der Waals surface area (Å²) >= 11 is 6.34. The molecular formula is C28H33ClN10O3. The van der Waals surface area contributed by atoms with Crippen LogP contribution in [0, 0.1) is 0 Å². The maximum Gasteiger partial charge on any atom is 0.285 e. The SMILES string of the molecule is CCn1ncc2c3c(cnc21)C(n1cnc(C(=O)NN2CCC[C@H]2COC)c1)NNC3=NCc1ccc(OC)c(Cl)c1. The molecule has 3 N–H and O–H groups in total. The van der Waals surface area contributed by atoms with E-state index in [-0.39, 0.29) is 11.9 Å². The number of hydrogen-bond acceptors (Lipinski definition) is 9. The normalized spacial score (nSPS) is 19.7. The summed E-state index contributed by atoms with van der Waals surface area (Å²) in [6, 6.07) is 5.76. The second kappa shape index (κ2) is 12.1. The fraction of sp³-hybridized carbons (Fsp3) is 0.393. The second-order valence-electron chi connectivity index (χ2n) is 10.2. The van der Waals surface area contributed by atoms with Crippen molar-refractivity contribution in [2.45, 2.75) is 45.1 Å². The molecule has 0 radical (unpaired) electrons. The van der Waals surface area contributed by atoms with Crippen LogP contribution in [0.3, 0.4) is 0 Å². The molecule has 13 nitrogen and oxygen atoms in total. The smallest absolute Gasteiger partial charge is 0.285 e. The van der Waals surface area contributed by atoms with Crippen LogP contribution in [0.4, 0.5) is 0 Å². The van der Waals surface area contributed by atoms with Crippen LogP contribution in [0.5, 0.6) is 5.75 Å². The number of fused-ring (bicyclic) bond motifs is 3.